The first-order chi connectivity index (χ1) is 21.2. The van der Waals surface area contributed by atoms with Crippen molar-refractivity contribution in [2.45, 2.75) is 12.1 Å². The maximum atomic E-state index is 13.3. The van der Waals surface area contributed by atoms with E-state index >= 15 is 0 Å². The van der Waals surface area contributed by atoms with Crippen LogP contribution in [0.4, 0.5) is 5.69 Å². The number of anilines is 1. The number of hydrogen-bond acceptors (Lipinski definition) is 8. The lowest BCUT2D eigenvalue weighted by Gasteiger charge is -2.20. The molecular formula is C32H29N5O6S2. The van der Waals surface area contributed by atoms with Gasteiger partial charge in [-0.2, -0.15) is 0 Å². The molecule has 0 radical (unpaired) electrons. The Bertz CT molecular complexity index is 2330. The number of aryl methyl sites for hydroxylation is 1. The summed E-state index contributed by atoms with van der Waals surface area (Å²) in [5.74, 6) is -0.120. The first kappa shape index (κ1) is 30.0. The van der Waals surface area contributed by atoms with Crippen LogP contribution in [0, 0.1) is 6.92 Å². The summed E-state index contributed by atoms with van der Waals surface area (Å²) in [6.07, 6.45) is 2.05. The van der Waals surface area contributed by atoms with Gasteiger partial charge in [-0.05, 0) is 31.2 Å². The van der Waals surface area contributed by atoms with E-state index in [9.17, 15) is 21.6 Å². The normalized spacial score (nSPS) is 12.1. The summed E-state index contributed by atoms with van der Waals surface area (Å²) in [6, 6.07) is 21.5. The molecule has 0 aliphatic rings. The minimum absolute atomic E-state index is 0.132. The smallest absolute Gasteiger partial charge is 0.255 e. The molecule has 0 aliphatic heterocycles. The highest BCUT2D eigenvalue weighted by Crippen LogP contribution is 2.41. The average molecular weight is 644 g/mol. The van der Waals surface area contributed by atoms with Crippen molar-refractivity contribution in [1.82, 2.24) is 20.3 Å². The van der Waals surface area contributed by atoms with Gasteiger partial charge >= 0.3 is 0 Å². The van der Waals surface area contributed by atoms with E-state index in [1.165, 1.54) is 20.2 Å². The molecule has 0 unspecified atom stereocenters. The van der Waals surface area contributed by atoms with Crippen LogP contribution in [0.1, 0.15) is 15.9 Å². The number of carbonyl (C=O) groups is 1. The second-order valence-electron chi connectivity index (χ2n) is 10.8. The number of H-pyrrole nitrogens is 1. The van der Waals surface area contributed by atoms with Crippen molar-refractivity contribution in [3.05, 3.63) is 83.9 Å². The van der Waals surface area contributed by atoms with E-state index in [2.05, 4.69) is 20.3 Å². The van der Waals surface area contributed by atoms with Crippen LogP contribution in [0.15, 0.2) is 82.4 Å². The molecule has 0 spiro atoms. The van der Waals surface area contributed by atoms with Crippen molar-refractivity contribution < 1.29 is 26.0 Å². The highest BCUT2D eigenvalue weighted by atomic mass is 32.2. The summed E-state index contributed by atoms with van der Waals surface area (Å²) >= 11 is 0. The summed E-state index contributed by atoms with van der Waals surface area (Å²) in [5.41, 5.74) is 4.36. The molecule has 0 fully saturated rings. The molecule has 3 aromatic heterocycles. The van der Waals surface area contributed by atoms with Crippen molar-refractivity contribution in [2.24, 2.45) is 0 Å². The van der Waals surface area contributed by atoms with Gasteiger partial charge in [-0.3, -0.25) is 9.10 Å². The van der Waals surface area contributed by atoms with Gasteiger partial charge in [0, 0.05) is 53.8 Å². The number of amides is 1. The highest BCUT2D eigenvalue weighted by Gasteiger charge is 2.27. The molecule has 3 aromatic carbocycles. The number of nitrogens with zero attached hydrogens (tertiary/aromatic N) is 3. The quantitative estimate of drug-likeness (QED) is 0.226. The first-order valence-corrected chi connectivity index (χ1v) is 17.5. The van der Waals surface area contributed by atoms with Crippen LogP contribution in [-0.2, 0) is 19.9 Å². The minimum atomic E-state index is -3.91. The number of hydrogen-bond donors (Lipinski definition) is 2. The molecule has 1 amide bonds. The van der Waals surface area contributed by atoms with Crippen LogP contribution in [0.3, 0.4) is 0 Å². The molecule has 45 heavy (non-hydrogen) atoms. The third kappa shape index (κ3) is 5.56. The number of sulfonamides is 1. The predicted octanol–water partition coefficient (Wildman–Crippen LogP) is 5.17. The van der Waals surface area contributed by atoms with Crippen LogP contribution in [0.2, 0.25) is 0 Å². The fourth-order valence-corrected chi connectivity index (χ4v) is 6.15. The van der Waals surface area contributed by atoms with Gasteiger partial charge in [-0.25, -0.2) is 26.8 Å². The first-order valence-electron chi connectivity index (χ1n) is 13.8. The summed E-state index contributed by atoms with van der Waals surface area (Å²) in [5, 5.41) is 3.50. The van der Waals surface area contributed by atoms with Crippen molar-refractivity contribution in [1.29, 1.82) is 0 Å². The summed E-state index contributed by atoms with van der Waals surface area (Å²) in [4.78, 5) is 25.3. The van der Waals surface area contributed by atoms with Crippen molar-refractivity contribution in [3.63, 3.8) is 0 Å². The SMILES string of the molecule is CNC(=O)c1c(-c2ccc(C)cc2)oc2cc(N(C)S(C)(=O)=O)c(-c3cc(-c4cc5ccccc5[nH]4)nc(S(C)(=O)=O)n3)cc12. The van der Waals surface area contributed by atoms with E-state index in [0.29, 0.717) is 22.4 Å². The van der Waals surface area contributed by atoms with Gasteiger partial charge in [-0.1, -0.05) is 48.0 Å². The molecular weight excluding hydrogens is 615 g/mol. The fourth-order valence-electron chi connectivity index (χ4n) is 5.11. The number of rotatable bonds is 7. The lowest BCUT2D eigenvalue weighted by Crippen LogP contribution is -2.25. The zero-order chi connectivity index (χ0) is 32.3. The number of aromatic amines is 1. The lowest BCUT2D eigenvalue weighted by atomic mass is 10.00. The average Bonchev–Trinajstić information content (AvgIpc) is 3.60. The van der Waals surface area contributed by atoms with Crippen LogP contribution >= 0.6 is 0 Å². The molecule has 6 rings (SSSR count). The van der Waals surface area contributed by atoms with Gasteiger partial charge in [0.1, 0.15) is 11.3 Å². The number of furan rings is 1. The van der Waals surface area contributed by atoms with E-state index in [4.69, 9.17) is 4.42 Å². The van der Waals surface area contributed by atoms with E-state index in [1.54, 1.807) is 12.1 Å². The Labute approximate surface area is 259 Å². The molecule has 0 saturated carbocycles. The fraction of sp³-hybridized carbons (Fsp3) is 0.156. The number of sulfone groups is 1. The number of fused-ring (bicyclic) bond motifs is 2. The van der Waals surface area contributed by atoms with Gasteiger partial charge in [0.15, 0.2) is 0 Å². The highest BCUT2D eigenvalue weighted by molar-refractivity contribution is 7.92. The van der Waals surface area contributed by atoms with Gasteiger partial charge in [0.25, 0.3) is 5.91 Å². The number of benzene rings is 3. The molecule has 6 aromatic rings. The predicted molar refractivity (Wildman–Crippen MR) is 174 cm³/mol. The Morgan fingerprint density at radius 3 is 2.24 bits per heavy atom. The van der Waals surface area contributed by atoms with Crippen molar-refractivity contribution in [2.75, 3.05) is 30.9 Å². The summed E-state index contributed by atoms with van der Waals surface area (Å²) in [7, 11) is -4.84. The van der Waals surface area contributed by atoms with Gasteiger partial charge in [-0.15, -0.1) is 0 Å². The number of aromatic nitrogens is 3. The molecule has 0 saturated heterocycles. The maximum absolute atomic E-state index is 13.3. The molecule has 0 atom stereocenters. The minimum Gasteiger partial charge on any atom is -0.455 e. The molecule has 230 valence electrons. The molecule has 11 nitrogen and oxygen atoms in total. The second kappa shape index (κ2) is 10.9. The van der Waals surface area contributed by atoms with Crippen LogP contribution in [0.5, 0.6) is 0 Å². The Hall–Kier alpha value is -5.01. The van der Waals surface area contributed by atoms with Crippen LogP contribution in [0.25, 0.3) is 55.8 Å². The lowest BCUT2D eigenvalue weighted by molar-refractivity contribution is 0.0964. The van der Waals surface area contributed by atoms with Gasteiger partial charge in [0.2, 0.25) is 25.0 Å². The topological polar surface area (TPSA) is 155 Å². The third-order valence-electron chi connectivity index (χ3n) is 7.53. The van der Waals surface area contributed by atoms with Crippen molar-refractivity contribution >= 4 is 53.3 Å². The van der Waals surface area contributed by atoms with Gasteiger partial charge in [0.05, 0.1) is 34.6 Å². The third-order valence-corrected chi connectivity index (χ3v) is 9.57. The van der Waals surface area contributed by atoms with E-state index in [1.807, 2.05) is 61.5 Å². The number of para-hydroxylation sites is 1. The molecule has 2 N–H and O–H groups in total. The Morgan fingerprint density at radius 2 is 1.60 bits per heavy atom. The van der Waals surface area contributed by atoms with E-state index in [-0.39, 0.29) is 33.8 Å². The summed E-state index contributed by atoms with van der Waals surface area (Å²) < 4.78 is 58.6. The maximum Gasteiger partial charge on any atom is 0.255 e. The van der Waals surface area contributed by atoms with E-state index < -0.39 is 30.9 Å². The largest absolute Gasteiger partial charge is 0.455 e. The monoisotopic (exact) mass is 643 g/mol. The number of carbonyl (C=O) groups excluding carboxylic acids is 1. The zero-order valence-electron chi connectivity index (χ0n) is 25.0. The molecule has 3 heterocycles. The Kier molecular flexibility index (Phi) is 7.25. The second-order valence-corrected chi connectivity index (χ2v) is 14.7. The standard InChI is InChI=1S/C32H29N5O6S2/c1-18-10-12-19(13-11-18)30-29(31(38)33-2)22-15-21(27(17-28(22)43-30)37(3)45(5,41)42)24-16-26(36-32(35-24)44(4,39)40)25-14-20-8-6-7-9-23(20)34-25/h6-17,34H,1-5H3,(H,33,38). The van der Waals surface area contributed by atoms with Crippen LogP contribution in [-0.4, -0.2) is 64.3 Å². The molecule has 0 bridgehead atoms. The van der Waals surface area contributed by atoms with Crippen LogP contribution < -0.4 is 9.62 Å². The summed E-state index contributed by atoms with van der Waals surface area (Å²) in [6.45, 7) is 1.94. The Morgan fingerprint density at radius 1 is 0.911 bits per heavy atom. The Balaban J connectivity index is 1.69. The zero-order valence-corrected chi connectivity index (χ0v) is 26.7. The van der Waals surface area contributed by atoms with E-state index in [0.717, 1.165) is 33.3 Å². The van der Waals surface area contributed by atoms with Crippen molar-refractivity contribution in [3.8, 4) is 34.0 Å². The van der Waals surface area contributed by atoms with Gasteiger partial charge < -0.3 is 14.7 Å². The number of nitrogens with one attached hydrogen (secondary N) is 2. The molecule has 13 heteroatoms. The molecule has 0 aliphatic carbocycles.